The highest BCUT2D eigenvalue weighted by Gasteiger charge is 2.00. The summed E-state index contributed by atoms with van der Waals surface area (Å²) in [6, 6.07) is 0. The van der Waals surface area contributed by atoms with Crippen molar-refractivity contribution in [3.8, 4) is 0 Å². The van der Waals surface area contributed by atoms with Crippen molar-refractivity contribution in [2.75, 3.05) is 6.54 Å². The molecule has 0 aliphatic heterocycles. The molecule has 0 unspecified atom stereocenters. The number of hydrogen-bond donors (Lipinski definition) is 1. The molecular weight excluding hydrogens is 176 g/mol. The predicted molar refractivity (Wildman–Crippen MR) is 56.9 cm³/mol. The van der Waals surface area contributed by atoms with Gasteiger partial charge in [0, 0.05) is 19.3 Å². The Balaban J connectivity index is 2.35. The minimum atomic E-state index is 0.719. The first-order valence-corrected chi connectivity index (χ1v) is 5.32. The molecule has 4 nitrogen and oxygen atoms in total. The summed E-state index contributed by atoms with van der Waals surface area (Å²) < 4.78 is 1.92. The van der Waals surface area contributed by atoms with Crippen molar-refractivity contribution in [1.82, 2.24) is 20.3 Å². The molecule has 1 heterocycles. The SMILES string of the molecule is CCNCc1cn(CCC(C)C)nn1. The zero-order valence-corrected chi connectivity index (χ0v) is 9.32. The van der Waals surface area contributed by atoms with E-state index in [1.165, 1.54) is 0 Å². The van der Waals surface area contributed by atoms with Crippen LogP contribution in [0, 0.1) is 5.92 Å². The van der Waals surface area contributed by atoms with Crippen LogP contribution in [0.4, 0.5) is 0 Å². The van der Waals surface area contributed by atoms with E-state index in [4.69, 9.17) is 0 Å². The molecule has 0 spiro atoms. The second-order valence-corrected chi connectivity index (χ2v) is 3.94. The summed E-state index contributed by atoms with van der Waals surface area (Å²) in [5, 5.41) is 11.4. The van der Waals surface area contributed by atoms with Gasteiger partial charge in [0.25, 0.3) is 0 Å². The quantitative estimate of drug-likeness (QED) is 0.748. The van der Waals surface area contributed by atoms with E-state index in [1.54, 1.807) is 0 Å². The largest absolute Gasteiger partial charge is 0.311 e. The molecule has 0 radical (unpaired) electrons. The highest BCUT2D eigenvalue weighted by molar-refractivity contribution is 4.91. The minimum Gasteiger partial charge on any atom is -0.311 e. The first kappa shape index (κ1) is 11.2. The average Bonchev–Trinajstić information content (AvgIpc) is 2.59. The van der Waals surface area contributed by atoms with Crippen molar-refractivity contribution >= 4 is 0 Å². The summed E-state index contributed by atoms with van der Waals surface area (Å²) in [5.74, 6) is 0.719. The smallest absolute Gasteiger partial charge is 0.0964 e. The van der Waals surface area contributed by atoms with E-state index < -0.39 is 0 Å². The lowest BCUT2D eigenvalue weighted by Crippen LogP contribution is -2.11. The molecule has 0 atom stereocenters. The topological polar surface area (TPSA) is 42.7 Å². The van der Waals surface area contributed by atoms with Gasteiger partial charge in [-0.15, -0.1) is 5.10 Å². The molecule has 1 aromatic heterocycles. The van der Waals surface area contributed by atoms with Crippen molar-refractivity contribution in [1.29, 1.82) is 0 Å². The van der Waals surface area contributed by atoms with Gasteiger partial charge in [-0.3, -0.25) is 4.68 Å². The number of aryl methyl sites for hydroxylation is 1. The number of rotatable bonds is 6. The molecule has 0 aliphatic carbocycles. The molecule has 14 heavy (non-hydrogen) atoms. The molecule has 0 aromatic carbocycles. The lowest BCUT2D eigenvalue weighted by molar-refractivity contribution is 0.478. The number of nitrogens with one attached hydrogen (secondary N) is 1. The first-order valence-electron chi connectivity index (χ1n) is 5.32. The Kier molecular flexibility index (Phi) is 4.59. The lowest BCUT2D eigenvalue weighted by Gasteiger charge is -2.02. The third-order valence-electron chi connectivity index (χ3n) is 2.08. The van der Waals surface area contributed by atoms with E-state index >= 15 is 0 Å². The van der Waals surface area contributed by atoms with E-state index in [2.05, 4.69) is 36.4 Å². The fourth-order valence-corrected chi connectivity index (χ4v) is 1.17. The predicted octanol–water partition coefficient (Wildman–Crippen LogP) is 1.43. The van der Waals surface area contributed by atoms with E-state index in [0.717, 1.165) is 37.7 Å². The molecule has 0 saturated carbocycles. The summed E-state index contributed by atoms with van der Waals surface area (Å²) in [6.45, 7) is 9.28. The summed E-state index contributed by atoms with van der Waals surface area (Å²) >= 11 is 0. The van der Waals surface area contributed by atoms with Gasteiger partial charge in [-0.2, -0.15) is 0 Å². The van der Waals surface area contributed by atoms with Crippen LogP contribution in [0.2, 0.25) is 0 Å². The molecule has 1 aromatic rings. The normalized spacial score (nSPS) is 11.1. The molecule has 1 rings (SSSR count). The Labute approximate surface area is 85.7 Å². The third kappa shape index (κ3) is 3.87. The van der Waals surface area contributed by atoms with Crippen LogP contribution in [0.15, 0.2) is 6.20 Å². The fourth-order valence-electron chi connectivity index (χ4n) is 1.17. The Morgan fingerprint density at radius 3 is 2.93 bits per heavy atom. The number of aromatic nitrogens is 3. The molecule has 0 bridgehead atoms. The van der Waals surface area contributed by atoms with Crippen LogP contribution >= 0.6 is 0 Å². The van der Waals surface area contributed by atoms with Crippen molar-refractivity contribution in [3.05, 3.63) is 11.9 Å². The third-order valence-corrected chi connectivity index (χ3v) is 2.08. The molecule has 0 fully saturated rings. The molecule has 80 valence electrons. The molecule has 0 saturated heterocycles. The minimum absolute atomic E-state index is 0.719. The average molecular weight is 196 g/mol. The van der Waals surface area contributed by atoms with Crippen molar-refractivity contribution in [2.45, 2.75) is 40.3 Å². The van der Waals surface area contributed by atoms with Gasteiger partial charge in [0.05, 0.1) is 5.69 Å². The summed E-state index contributed by atoms with van der Waals surface area (Å²) in [4.78, 5) is 0. The standard InChI is InChI=1S/C10H20N4/c1-4-11-7-10-8-14(13-12-10)6-5-9(2)3/h8-9,11H,4-7H2,1-3H3. The van der Waals surface area contributed by atoms with Gasteiger partial charge in [-0.25, -0.2) is 0 Å². The van der Waals surface area contributed by atoms with Crippen LogP contribution in [0.25, 0.3) is 0 Å². The van der Waals surface area contributed by atoms with Crippen LogP contribution < -0.4 is 5.32 Å². The van der Waals surface area contributed by atoms with E-state index in [9.17, 15) is 0 Å². The monoisotopic (exact) mass is 196 g/mol. The zero-order chi connectivity index (χ0) is 10.4. The van der Waals surface area contributed by atoms with E-state index in [1.807, 2.05) is 10.9 Å². The lowest BCUT2D eigenvalue weighted by atomic mass is 10.1. The molecular formula is C10H20N4. The summed E-state index contributed by atoms with van der Waals surface area (Å²) in [7, 11) is 0. The second-order valence-electron chi connectivity index (χ2n) is 3.94. The van der Waals surface area contributed by atoms with Crippen molar-refractivity contribution in [2.24, 2.45) is 5.92 Å². The maximum absolute atomic E-state index is 4.08. The van der Waals surface area contributed by atoms with Gasteiger partial charge in [0.1, 0.15) is 0 Å². The number of hydrogen-bond acceptors (Lipinski definition) is 3. The maximum atomic E-state index is 4.08. The number of nitrogens with zero attached hydrogens (tertiary/aromatic N) is 3. The van der Waals surface area contributed by atoms with Gasteiger partial charge >= 0.3 is 0 Å². The zero-order valence-electron chi connectivity index (χ0n) is 9.32. The van der Waals surface area contributed by atoms with Gasteiger partial charge in [-0.05, 0) is 18.9 Å². The molecule has 4 heteroatoms. The van der Waals surface area contributed by atoms with Gasteiger partial charge in [0.2, 0.25) is 0 Å². The first-order chi connectivity index (χ1) is 6.72. The maximum Gasteiger partial charge on any atom is 0.0964 e. The highest BCUT2D eigenvalue weighted by Crippen LogP contribution is 2.02. The second kappa shape index (κ2) is 5.75. The Bertz CT molecular complexity index is 254. The highest BCUT2D eigenvalue weighted by atomic mass is 15.4. The Morgan fingerprint density at radius 1 is 1.50 bits per heavy atom. The van der Waals surface area contributed by atoms with Crippen LogP contribution in [-0.2, 0) is 13.1 Å². The summed E-state index contributed by atoms with van der Waals surface area (Å²) in [6.07, 6.45) is 3.18. The van der Waals surface area contributed by atoms with Gasteiger partial charge < -0.3 is 5.32 Å². The van der Waals surface area contributed by atoms with E-state index in [-0.39, 0.29) is 0 Å². The van der Waals surface area contributed by atoms with Crippen molar-refractivity contribution < 1.29 is 0 Å². The Morgan fingerprint density at radius 2 is 2.29 bits per heavy atom. The van der Waals surface area contributed by atoms with Gasteiger partial charge in [-0.1, -0.05) is 26.0 Å². The van der Waals surface area contributed by atoms with Gasteiger partial charge in [0.15, 0.2) is 0 Å². The molecule has 1 N–H and O–H groups in total. The van der Waals surface area contributed by atoms with Crippen LogP contribution in [0.5, 0.6) is 0 Å². The van der Waals surface area contributed by atoms with Crippen LogP contribution in [-0.4, -0.2) is 21.5 Å². The van der Waals surface area contributed by atoms with Crippen LogP contribution in [0.1, 0.15) is 32.9 Å². The van der Waals surface area contributed by atoms with E-state index in [0.29, 0.717) is 0 Å². The molecule has 0 aliphatic rings. The van der Waals surface area contributed by atoms with Crippen molar-refractivity contribution in [3.63, 3.8) is 0 Å². The Hall–Kier alpha value is -0.900. The fraction of sp³-hybridized carbons (Fsp3) is 0.800. The molecule has 0 amide bonds. The van der Waals surface area contributed by atoms with Crippen LogP contribution in [0.3, 0.4) is 0 Å². The summed E-state index contributed by atoms with van der Waals surface area (Å²) in [5.41, 5.74) is 1.02.